The van der Waals surface area contributed by atoms with E-state index in [9.17, 15) is 9.90 Å². The Balaban J connectivity index is 1.44. The van der Waals surface area contributed by atoms with Gasteiger partial charge in [0.25, 0.3) is 0 Å². The van der Waals surface area contributed by atoms with Gasteiger partial charge in [-0.15, -0.1) is 0 Å². The Morgan fingerprint density at radius 2 is 1.88 bits per heavy atom. The Kier molecular flexibility index (Phi) is 4.09. The molecule has 0 saturated carbocycles. The number of phenols is 1. The number of ether oxygens (including phenoxy) is 2. The topological polar surface area (TPSA) is 59.0 Å². The van der Waals surface area contributed by atoms with Crippen LogP contribution in [0.25, 0.3) is 11.1 Å². The molecule has 2 aliphatic heterocycles. The highest BCUT2D eigenvalue weighted by Gasteiger charge is 2.39. The predicted octanol–water partition coefficient (Wildman–Crippen LogP) is 2.47. The second-order valence-corrected chi connectivity index (χ2v) is 6.71. The smallest absolute Gasteiger partial charge is 0.311 e. The van der Waals surface area contributed by atoms with Crippen molar-refractivity contribution >= 4 is 5.97 Å². The summed E-state index contributed by atoms with van der Waals surface area (Å²) >= 11 is 0. The van der Waals surface area contributed by atoms with Gasteiger partial charge in [0.2, 0.25) is 0 Å². The van der Waals surface area contributed by atoms with Gasteiger partial charge in [0, 0.05) is 19.1 Å². The van der Waals surface area contributed by atoms with Gasteiger partial charge < -0.3 is 14.6 Å². The largest absolute Gasteiger partial charge is 0.508 e. The van der Waals surface area contributed by atoms with Crippen LogP contribution in [0.1, 0.15) is 5.56 Å². The number of fused-ring (bicyclic) bond motifs is 1. The van der Waals surface area contributed by atoms with Gasteiger partial charge in [-0.3, -0.25) is 9.69 Å². The molecule has 0 bridgehead atoms. The molecule has 0 amide bonds. The lowest BCUT2D eigenvalue weighted by molar-refractivity contribution is -0.153. The molecule has 1 saturated heterocycles. The summed E-state index contributed by atoms with van der Waals surface area (Å²) in [6.45, 7) is 2.14. The van der Waals surface area contributed by atoms with Crippen molar-refractivity contribution in [2.45, 2.75) is 12.5 Å². The van der Waals surface area contributed by atoms with Gasteiger partial charge in [-0.1, -0.05) is 24.3 Å². The van der Waals surface area contributed by atoms with Crippen LogP contribution in [0.4, 0.5) is 0 Å². The van der Waals surface area contributed by atoms with E-state index in [4.69, 9.17) is 9.47 Å². The van der Waals surface area contributed by atoms with Gasteiger partial charge in [-0.25, -0.2) is 0 Å². The summed E-state index contributed by atoms with van der Waals surface area (Å²) in [6, 6.07) is 13.7. The van der Waals surface area contributed by atoms with Crippen molar-refractivity contribution in [3.8, 4) is 22.6 Å². The van der Waals surface area contributed by atoms with E-state index in [1.165, 1.54) is 12.7 Å². The van der Waals surface area contributed by atoms with E-state index in [0.29, 0.717) is 12.6 Å². The summed E-state index contributed by atoms with van der Waals surface area (Å²) in [5.74, 6) is 1.07. The van der Waals surface area contributed by atoms with Crippen LogP contribution in [0.5, 0.6) is 11.5 Å². The molecule has 0 radical (unpaired) electrons. The molecule has 2 aromatic carbocycles. The number of likely N-dealkylation sites (tertiary alicyclic amines) is 1. The third kappa shape index (κ3) is 3.07. The highest BCUT2D eigenvalue weighted by atomic mass is 16.5. The van der Waals surface area contributed by atoms with E-state index >= 15 is 0 Å². The van der Waals surface area contributed by atoms with E-state index in [1.54, 1.807) is 12.1 Å². The monoisotopic (exact) mass is 339 g/mol. The van der Waals surface area contributed by atoms with Crippen molar-refractivity contribution in [2.75, 3.05) is 26.8 Å². The first-order valence-electron chi connectivity index (χ1n) is 8.51. The zero-order valence-corrected chi connectivity index (χ0v) is 14.1. The Bertz CT molecular complexity index is 781. The number of nitrogens with zero attached hydrogens (tertiary/aromatic N) is 1. The molecule has 2 heterocycles. The number of aromatic hydroxyl groups is 1. The summed E-state index contributed by atoms with van der Waals surface area (Å²) in [4.78, 5) is 13.8. The minimum Gasteiger partial charge on any atom is -0.508 e. The molecule has 25 heavy (non-hydrogen) atoms. The Morgan fingerprint density at radius 1 is 1.16 bits per heavy atom. The minimum atomic E-state index is -0.119. The number of carbonyl (C=O) groups is 1. The number of rotatable bonds is 3. The maximum atomic E-state index is 11.5. The summed E-state index contributed by atoms with van der Waals surface area (Å²) < 4.78 is 10.8. The van der Waals surface area contributed by atoms with Crippen LogP contribution in [0.3, 0.4) is 0 Å². The van der Waals surface area contributed by atoms with Crippen LogP contribution in [-0.2, 0) is 16.0 Å². The summed E-state index contributed by atoms with van der Waals surface area (Å²) in [5.41, 5.74) is 3.32. The van der Waals surface area contributed by atoms with E-state index in [-0.39, 0.29) is 17.6 Å². The lowest BCUT2D eigenvalue weighted by Gasteiger charge is -2.44. The first-order valence-corrected chi connectivity index (χ1v) is 8.51. The van der Waals surface area contributed by atoms with Crippen LogP contribution in [0.15, 0.2) is 42.5 Å². The van der Waals surface area contributed by atoms with Crippen LogP contribution < -0.4 is 4.74 Å². The fourth-order valence-electron chi connectivity index (χ4n) is 3.55. The fourth-order valence-corrected chi connectivity index (χ4v) is 3.55. The van der Waals surface area contributed by atoms with Crippen molar-refractivity contribution in [1.29, 1.82) is 0 Å². The maximum Gasteiger partial charge on any atom is 0.311 e. The van der Waals surface area contributed by atoms with Crippen molar-refractivity contribution in [2.24, 2.45) is 5.92 Å². The van der Waals surface area contributed by atoms with Gasteiger partial charge >= 0.3 is 5.97 Å². The summed E-state index contributed by atoms with van der Waals surface area (Å²) in [6.07, 6.45) is 0.930. The quantitative estimate of drug-likeness (QED) is 0.871. The molecule has 2 aromatic rings. The molecule has 0 aliphatic carbocycles. The predicted molar refractivity (Wildman–Crippen MR) is 93.6 cm³/mol. The molecule has 5 heteroatoms. The standard InChI is InChI=1S/C20H21NO4/c1-24-20(23)16-10-21(11-16)17-8-15-3-2-14(9-19(15)25-12-17)13-4-6-18(22)7-5-13/h2-7,9,16-17,22H,8,10-12H2,1H3. The molecular weight excluding hydrogens is 318 g/mol. The molecule has 0 aromatic heterocycles. The number of hydrogen-bond donors (Lipinski definition) is 1. The highest BCUT2D eigenvalue weighted by Crippen LogP contribution is 2.33. The molecule has 1 unspecified atom stereocenters. The van der Waals surface area contributed by atoms with E-state index < -0.39 is 0 Å². The van der Waals surface area contributed by atoms with Crippen LogP contribution in [0.2, 0.25) is 0 Å². The molecule has 1 N–H and O–H groups in total. The van der Waals surface area contributed by atoms with Gasteiger partial charge in [0.15, 0.2) is 0 Å². The molecular formula is C20H21NO4. The molecule has 5 nitrogen and oxygen atoms in total. The van der Waals surface area contributed by atoms with E-state index in [1.807, 2.05) is 12.1 Å². The van der Waals surface area contributed by atoms with E-state index in [0.717, 1.165) is 36.4 Å². The van der Waals surface area contributed by atoms with Crippen LogP contribution in [0, 0.1) is 5.92 Å². The SMILES string of the molecule is COC(=O)C1CN(C2COc3cc(-c4ccc(O)cc4)ccc3C2)C1. The lowest BCUT2D eigenvalue weighted by atomic mass is 9.92. The number of hydrogen-bond acceptors (Lipinski definition) is 5. The third-order valence-electron chi connectivity index (χ3n) is 5.12. The Morgan fingerprint density at radius 3 is 2.60 bits per heavy atom. The summed E-state index contributed by atoms with van der Waals surface area (Å²) in [7, 11) is 1.44. The Hall–Kier alpha value is -2.53. The molecule has 1 atom stereocenters. The van der Waals surface area contributed by atoms with Gasteiger partial charge in [-0.2, -0.15) is 0 Å². The van der Waals surface area contributed by atoms with Crippen molar-refractivity contribution in [1.82, 2.24) is 4.90 Å². The highest BCUT2D eigenvalue weighted by molar-refractivity contribution is 5.74. The zero-order chi connectivity index (χ0) is 17.4. The van der Waals surface area contributed by atoms with Crippen molar-refractivity contribution in [3.05, 3.63) is 48.0 Å². The number of esters is 1. The average Bonchev–Trinajstić information content (AvgIpc) is 2.60. The van der Waals surface area contributed by atoms with Gasteiger partial charge in [-0.05, 0) is 41.3 Å². The molecule has 2 aliphatic rings. The molecule has 1 fully saturated rings. The first kappa shape index (κ1) is 16.0. The molecule has 0 spiro atoms. The number of benzene rings is 2. The van der Waals surface area contributed by atoms with Crippen LogP contribution in [-0.4, -0.2) is 48.8 Å². The third-order valence-corrected chi connectivity index (χ3v) is 5.12. The number of phenolic OH excluding ortho intramolecular Hbond substituents is 1. The maximum absolute atomic E-state index is 11.5. The number of methoxy groups -OCH3 is 1. The Labute approximate surface area is 146 Å². The van der Waals surface area contributed by atoms with Gasteiger partial charge in [0.05, 0.1) is 13.0 Å². The summed E-state index contributed by atoms with van der Waals surface area (Å²) in [5, 5.41) is 9.42. The zero-order valence-electron chi connectivity index (χ0n) is 14.1. The fraction of sp³-hybridized carbons (Fsp3) is 0.350. The van der Waals surface area contributed by atoms with E-state index in [2.05, 4.69) is 23.1 Å². The van der Waals surface area contributed by atoms with Gasteiger partial charge in [0.1, 0.15) is 18.1 Å². The average molecular weight is 339 g/mol. The normalized spacial score (nSPS) is 20.3. The molecule has 130 valence electrons. The number of carbonyl (C=O) groups excluding carboxylic acids is 1. The second kappa shape index (κ2) is 6.41. The van der Waals surface area contributed by atoms with Crippen molar-refractivity contribution < 1.29 is 19.4 Å². The first-order chi connectivity index (χ1) is 12.1. The minimum absolute atomic E-state index is 0.00303. The molecule has 4 rings (SSSR count). The second-order valence-electron chi connectivity index (χ2n) is 6.71. The van der Waals surface area contributed by atoms with Crippen LogP contribution >= 0.6 is 0 Å². The lowest BCUT2D eigenvalue weighted by Crippen LogP contribution is -2.57. The van der Waals surface area contributed by atoms with Crippen molar-refractivity contribution in [3.63, 3.8) is 0 Å².